The van der Waals surface area contributed by atoms with Gasteiger partial charge in [-0.15, -0.1) is 0 Å². The fourth-order valence-electron chi connectivity index (χ4n) is 1.49. The van der Waals surface area contributed by atoms with Crippen molar-refractivity contribution in [1.82, 2.24) is 0 Å². The second-order valence-electron chi connectivity index (χ2n) is 3.49. The van der Waals surface area contributed by atoms with E-state index < -0.39 is 0 Å². The molecule has 0 amide bonds. The lowest BCUT2D eigenvalue weighted by Crippen LogP contribution is -2.23. The number of anilines is 1. The van der Waals surface area contributed by atoms with Gasteiger partial charge in [-0.25, -0.2) is 0 Å². The average molecular weight is 194 g/mol. The topological polar surface area (TPSA) is 49.5 Å². The molecule has 0 aromatic heterocycles. The second kappa shape index (κ2) is 4.98. The molecule has 0 aliphatic carbocycles. The molecule has 0 aliphatic heterocycles. The van der Waals surface area contributed by atoms with Crippen molar-refractivity contribution < 1.29 is 5.11 Å². The summed E-state index contributed by atoms with van der Waals surface area (Å²) in [7, 11) is 1.96. The Morgan fingerprint density at radius 3 is 2.64 bits per heavy atom. The van der Waals surface area contributed by atoms with Gasteiger partial charge in [0.25, 0.3) is 0 Å². The largest absolute Gasteiger partial charge is 0.395 e. The van der Waals surface area contributed by atoms with Crippen LogP contribution in [0, 0.1) is 0 Å². The maximum absolute atomic E-state index is 8.85. The van der Waals surface area contributed by atoms with Gasteiger partial charge in [0.15, 0.2) is 0 Å². The number of aliphatic hydroxyl groups excluding tert-OH is 1. The first-order valence-electron chi connectivity index (χ1n) is 4.83. The predicted molar refractivity (Wildman–Crippen MR) is 59.4 cm³/mol. The van der Waals surface area contributed by atoms with E-state index in [1.807, 2.05) is 43.1 Å². The van der Waals surface area contributed by atoms with E-state index in [0.717, 1.165) is 11.3 Å². The van der Waals surface area contributed by atoms with Gasteiger partial charge in [-0.05, 0) is 18.6 Å². The van der Waals surface area contributed by atoms with Crippen molar-refractivity contribution in [2.24, 2.45) is 5.73 Å². The normalized spacial score (nSPS) is 12.6. The molecule has 3 heteroatoms. The van der Waals surface area contributed by atoms with Crippen LogP contribution in [0.15, 0.2) is 24.3 Å². The monoisotopic (exact) mass is 194 g/mol. The van der Waals surface area contributed by atoms with Gasteiger partial charge < -0.3 is 15.7 Å². The van der Waals surface area contributed by atoms with Crippen molar-refractivity contribution in [1.29, 1.82) is 0 Å². The molecule has 3 N–H and O–H groups in total. The van der Waals surface area contributed by atoms with Gasteiger partial charge in [-0.3, -0.25) is 0 Å². The van der Waals surface area contributed by atoms with Gasteiger partial charge in [-0.1, -0.05) is 18.2 Å². The zero-order valence-electron chi connectivity index (χ0n) is 8.77. The average Bonchev–Trinajstić information content (AvgIpc) is 2.18. The molecule has 1 aromatic rings. The summed E-state index contributed by atoms with van der Waals surface area (Å²) in [6.45, 7) is 2.75. The van der Waals surface area contributed by atoms with Crippen LogP contribution in [0.3, 0.4) is 0 Å². The third kappa shape index (κ3) is 2.47. The number of aliphatic hydroxyl groups is 1. The van der Waals surface area contributed by atoms with E-state index in [1.165, 1.54) is 0 Å². The van der Waals surface area contributed by atoms with E-state index in [4.69, 9.17) is 10.8 Å². The van der Waals surface area contributed by atoms with Crippen LogP contribution in [0.5, 0.6) is 0 Å². The van der Waals surface area contributed by atoms with Crippen molar-refractivity contribution in [2.45, 2.75) is 13.0 Å². The van der Waals surface area contributed by atoms with Crippen LogP contribution in [0.2, 0.25) is 0 Å². The van der Waals surface area contributed by atoms with Crippen LogP contribution < -0.4 is 10.6 Å². The van der Waals surface area contributed by atoms with Crippen LogP contribution in [0.25, 0.3) is 0 Å². The van der Waals surface area contributed by atoms with E-state index in [-0.39, 0.29) is 12.6 Å². The Kier molecular flexibility index (Phi) is 3.92. The van der Waals surface area contributed by atoms with Crippen molar-refractivity contribution >= 4 is 5.69 Å². The van der Waals surface area contributed by atoms with Gasteiger partial charge >= 0.3 is 0 Å². The van der Waals surface area contributed by atoms with E-state index in [1.54, 1.807) is 0 Å². The highest BCUT2D eigenvalue weighted by Gasteiger charge is 2.08. The number of hydrogen-bond acceptors (Lipinski definition) is 3. The Labute approximate surface area is 85.2 Å². The highest BCUT2D eigenvalue weighted by atomic mass is 16.3. The molecule has 1 rings (SSSR count). The third-order valence-electron chi connectivity index (χ3n) is 2.27. The van der Waals surface area contributed by atoms with Crippen LogP contribution >= 0.6 is 0 Å². The highest BCUT2D eigenvalue weighted by Crippen LogP contribution is 2.23. The summed E-state index contributed by atoms with van der Waals surface area (Å²) in [6, 6.07) is 8.03. The SMILES string of the molecule is C[C@H](N)c1ccccc1N(C)CCO. The number of nitrogens with two attached hydrogens (primary N) is 1. The minimum atomic E-state index is 0.0207. The summed E-state index contributed by atoms with van der Waals surface area (Å²) < 4.78 is 0. The molecule has 0 spiro atoms. The second-order valence-corrected chi connectivity index (χ2v) is 3.49. The van der Waals surface area contributed by atoms with Crippen molar-refractivity contribution in [2.75, 3.05) is 25.1 Å². The van der Waals surface area contributed by atoms with Gasteiger partial charge in [0.1, 0.15) is 0 Å². The minimum Gasteiger partial charge on any atom is -0.395 e. The molecule has 1 aromatic carbocycles. The molecule has 0 fully saturated rings. The van der Waals surface area contributed by atoms with Gasteiger partial charge in [-0.2, -0.15) is 0 Å². The lowest BCUT2D eigenvalue weighted by Gasteiger charge is -2.22. The molecule has 78 valence electrons. The third-order valence-corrected chi connectivity index (χ3v) is 2.27. The Bertz CT molecular complexity index is 286. The molecule has 14 heavy (non-hydrogen) atoms. The number of benzene rings is 1. The quantitative estimate of drug-likeness (QED) is 0.755. The van der Waals surface area contributed by atoms with Crippen LogP contribution in [0.4, 0.5) is 5.69 Å². The van der Waals surface area contributed by atoms with E-state index in [2.05, 4.69) is 0 Å². The molecule has 0 radical (unpaired) electrons. The highest BCUT2D eigenvalue weighted by molar-refractivity contribution is 5.54. The summed E-state index contributed by atoms with van der Waals surface area (Å²) >= 11 is 0. The first kappa shape index (κ1) is 11.0. The number of likely N-dealkylation sites (N-methyl/N-ethyl adjacent to an activating group) is 1. The Hall–Kier alpha value is -1.06. The molecule has 1 atom stereocenters. The van der Waals surface area contributed by atoms with Crippen molar-refractivity contribution in [3.8, 4) is 0 Å². The molecule has 0 heterocycles. The predicted octanol–water partition coefficient (Wildman–Crippen LogP) is 1.13. The van der Waals surface area contributed by atoms with Crippen LogP contribution in [-0.4, -0.2) is 25.3 Å². The zero-order chi connectivity index (χ0) is 10.6. The lowest BCUT2D eigenvalue weighted by atomic mass is 10.1. The molecule has 0 unspecified atom stereocenters. The number of nitrogens with zero attached hydrogens (tertiary/aromatic N) is 1. The van der Waals surface area contributed by atoms with Crippen molar-refractivity contribution in [3.63, 3.8) is 0 Å². The molecular formula is C11H18N2O. The summed E-state index contributed by atoms with van der Waals surface area (Å²) in [6.07, 6.45) is 0. The first-order chi connectivity index (χ1) is 6.66. The van der Waals surface area contributed by atoms with E-state index >= 15 is 0 Å². The molecule has 3 nitrogen and oxygen atoms in total. The summed E-state index contributed by atoms with van der Waals surface area (Å²) in [5, 5.41) is 8.85. The van der Waals surface area contributed by atoms with Crippen LogP contribution in [-0.2, 0) is 0 Å². The summed E-state index contributed by atoms with van der Waals surface area (Å²) in [5.41, 5.74) is 8.07. The molecular weight excluding hydrogens is 176 g/mol. The maximum atomic E-state index is 8.85. The van der Waals surface area contributed by atoms with Gasteiger partial charge in [0.2, 0.25) is 0 Å². The smallest absolute Gasteiger partial charge is 0.0606 e. The first-order valence-corrected chi connectivity index (χ1v) is 4.83. The number of rotatable bonds is 4. The molecule has 0 saturated heterocycles. The van der Waals surface area contributed by atoms with Gasteiger partial charge in [0.05, 0.1) is 6.61 Å². The lowest BCUT2D eigenvalue weighted by molar-refractivity contribution is 0.304. The molecule has 0 aliphatic rings. The number of para-hydroxylation sites is 1. The van der Waals surface area contributed by atoms with E-state index in [9.17, 15) is 0 Å². The zero-order valence-corrected chi connectivity index (χ0v) is 8.77. The summed E-state index contributed by atoms with van der Waals surface area (Å²) in [5.74, 6) is 0. The Morgan fingerprint density at radius 1 is 1.43 bits per heavy atom. The van der Waals surface area contributed by atoms with E-state index in [0.29, 0.717) is 6.54 Å². The fraction of sp³-hybridized carbons (Fsp3) is 0.455. The minimum absolute atomic E-state index is 0.0207. The van der Waals surface area contributed by atoms with Crippen molar-refractivity contribution in [3.05, 3.63) is 29.8 Å². The van der Waals surface area contributed by atoms with Crippen LogP contribution in [0.1, 0.15) is 18.5 Å². The fourth-order valence-corrected chi connectivity index (χ4v) is 1.49. The Balaban J connectivity index is 2.94. The Morgan fingerprint density at radius 2 is 2.07 bits per heavy atom. The standard InChI is InChI=1S/C11H18N2O/c1-9(12)10-5-3-4-6-11(10)13(2)7-8-14/h3-6,9,14H,7-8,12H2,1-2H3/t9-/m0/s1. The maximum Gasteiger partial charge on any atom is 0.0606 e. The summed E-state index contributed by atoms with van der Waals surface area (Å²) in [4.78, 5) is 2.01. The molecule has 0 saturated carbocycles. The van der Waals surface area contributed by atoms with Gasteiger partial charge in [0, 0.05) is 25.3 Å². The number of hydrogen-bond donors (Lipinski definition) is 2. The molecule has 0 bridgehead atoms.